The smallest absolute Gasteiger partial charge is 0.186 e. The van der Waals surface area contributed by atoms with E-state index in [1.807, 2.05) is 0 Å². The van der Waals surface area contributed by atoms with Crippen LogP contribution in [0, 0.1) is 5.92 Å². The highest BCUT2D eigenvalue weighted by atomic mass is 32.1. The van der Waals surface area contributed by atoms with Gasteiger partial charge in [-0.2, -0.15) is 5.10 Å². The molecule has 2 N–H and O–H groups in total. The van der Waals surface area contributed by atoms with Crippen molar-refractivity contribution >= 4 is 23.0 Å². The Morgan fingerprint density at radius 2 is 2.29 bits per heavy atom. The van der Waals surface area contributed by atoms with E-state index in [1.165, 1.54) is 37.8 Å². The number of hydrogen-bond acceptors (Lipinski definition) is 2. The van der Waals surface area contributed by atoms with Crippen LogP contribution in [0.1, 0.15) is 58.8 Å². The molecule has 0 bridgehead atoms. The van der Waals surface area contributed by atoms with E-state index in [1.54, 1.807) is 0 Å². The Labute approximate surface area is 110 Å². The molecule has 1 atom stereocenters. The summed E-state index contributed by atoms with van der Waals surface area (Å²) < 4.78 is 0. The van der Waals surface area contributed by atoms with E-state index in [0.717, 1.165) is 25.3 Å². The summed E-state index contributed by atoms with van der Waals surface area (Å²) in [5.74, 6) is 0.774. The van der Waals surface area contributed by atoms with Crippen LogP contribution >= 0.6 is 12.2 Å². The fraction of sp³-hybridized carbons (Fsp3) is 0.846. The lowest BCUT2D eigenvalue weighted by atomic mass is 9.89. The van der Waals surface area contributed by atoms with Crippen molar-refractivity contribution in [1.82, 2.24) is 10.7 Å². The Hall–Kier alpha value is -0.640. The summed E-state index contributed by atoms with van der Waals surface area (Å²) in [6.07, 6.45) is 8.49. The van der Waals surface area contributed by atoms with E-state index in [4.69, 9.17) is 12.2 Å². The van der Waals surface area contributed by atoms with Gasteiger partial charge in [0.05, 0.1) is 0 Å². The fourth-order valence-corrected chi connectivity index (χ4v) is 2.26. The second-order valence-corrected chi connectivity index (χ2v) is 5.36. The molecule has 98 valence electrons. The Morgan fingerprint density at radius 3 is 3.00 bits per heavy atom. The van der Waals surface area contributed by atoms with Crippen molar-refractivity contribution in [2.24, 2.45) is 11.0 Å². The van der Waals surface area contributed by atoms with Crippen molar-refractivity contribution in [2.45, 2.75) is 58.8 Å². The van der Waals surface area contributed by atoms with E-state index in [-0.39, 0.29) is 0 Å². The second-order valence-electron chi connectivity index (χ2n) is 4.95. The van der Waals surface area contributed by atoms with Crippen molar-refractivity contribution < 1.29 is 0 Å². The van der Waals surface area contributed by atoms with Gasteiger partial charge in [0.25, 0.3) is 0 Å². The number of nitrogens with zero attached hydrogens (tertiary/aromatic N) is 1. The molecule has 0 aliphatic heterocycles. The van der Waals surface area contributed by atoms with Crippen molar-refractivity contribution in [3.8, 4) is 0 Å². The van der Waals surface area contributed by atoms with Crippen LogP contribution in [-0.4, -0.2) is 17.4 Å². The molecule has 4 heteroatoms. The van der Waals surface area contributed by atoms with Gasteiger partial charge in [0.1, 0.15) is 0 Å². The summed E-state index contributed by atoms with van der Waals surface area (Å²) in [5, 5.41) is 8.24. The highest BCUT2D eigenvalue weighted by Crippen LogP contribution is 2.20. The molecule has 1 aliphatic carbocycles. The highest BCUT2D eigenvalue weighted by Gasteiger charge is 2.13. The molecule has 1 fully saturated rings. The molecule has 1 rings (SSSR count). The molecule has 0 heterocycles. The third kappa shape index (κ3) is 6.61. The number of thiocarbonyl (C=S) groups is 1. The fourth-order valence-electron chi connectivity index (χ4n) is 2.11. The molecule has 0 amide bonds. The summed E-state index contributed by atoms with van der Waals surface area (Å²) in [7, 11) is 0. The molecule has 0 radical (unpaired) electrons. The van der Waals surface area contributed by atoms with Crippen LogP contribution in [0.4, 0.5) is 0 Å². The summed E-state index contributed by atoms with van der Waals surface area (Å²) in [6.45, 7) is 5.43. The van der Waals surface area contributed by atoms with Crippen LogP contribution in [0.2, 0.25) is 0 Å². The Kier molecular flexibility index (Phi) is 7.17. The summed E-state index contributed by atoms with van der Waals surface area (Å²) in [5.41, 5.74) is 4.22. The first-order valence-corrected chi connectivity index (χ1v) is 7.22. The molecule has 3 nitrogen and oxygen atoms in total. The maximum absolute atomic E-state index is 5.17. The summed E-state index contributed by atoms with van der Waals surface area (Å²) in [6, 6.07) is 0. The van der Waals surface area contributed by atoms with E-state index < -0.39 is 0 Å². The molecular formula is C13H25N3S. The monoisotopic (exact) mass is 255 g/mol. The van der Waals surface area contributed by atoms with Gasteiger partial charge in [-0.1, -0.05) is 26.7 Å². The lowest BCUT2D eigenvalue weighted by molar-refractivity contribution is 0.498. The zero-order valence-electron chi connectivity index (χ0n) is 11.1. The van der Waals surface area contributed by atoms with Gasteiger partial charge in [-0.3, -0.25) is 5.43 Å². The predicted octanol–water partition coefficient (Wildman–Crippen LogP) is 3.21. The van der Waals surface area contributed by atoms with Gasteiger partial charge in [-0.05, 0) is 50.2 Å². The normalized spacial score (nSPS) is 22.5. The van der Waals surface area contributed by atoms with Gasteiger partial charge in [-0.25, -0.2) is 0 Å². The van der Waals surface area contributed by atoms with Crippen LogP contribution in [-0.2, 0) is 0 Å². The lowest BCUT2D eigenvalue weighted by Crippen LogP contribution is -2.33. The lowest BCUT2D eigenvalue weighted by Gasteiger charge is -2.19. The van der Waals surface area contributed by atoms with Crippen molar-refractivity contribution in [1.29, 1.82) is 0 Å². The maximum atomic E-state index is 5.17. The third-order valence-corrected chi connectivity index (χ3v) is 3.36. The van der Waals surface area contributed by atoms with Crippen LogP contribution in [0.25, 0.3) is 0 Å². The molecule has 17 heavy (non-hydrogen) atoms. The predicted molar refractivity (Wildman–Crippen MR) is 78.3 cm³/mol. The molecule has 0 aromatic heterocycles. The number of hydrazone groups is 1. The number of nitrogens with one attached hydrogen (secondary N) is 2. The highest BCUT2D eigenvalue weighted by molar-refractivity contribution is 7.80. The molecule has 1 saturated carbocycles. The minimum absolute atomic E-state index is 0.659. The van der Waals surface area contributed by atoms with E-state index >= 15 is 0 Å². The van der Waals surface area contributed by atoms with Gasteiger partial charge in [-0.15, -0.1) is 0 Å². The van der Waals surface area contributed by atoms with Crippen LogP contribution in [0.15, 0.2) is 5.10 Å². The number of hydrogen-bond donors (Lipinski definition) is 2. The Bertz CT molecular complexity index is 263. The van der Waals surface area contributed by atoms with E-state index in [2.05, 4.69) is 29.7 Å². The third-order valence-electron chi connectivity index (χ3n) is 3.13. The largest absolute Gasteiger partial charge is 0.361 e. The zero-order chi connectivity index (χ0) is 12.5. The first kappa shape index (κ1) is 14.4. The first-order chi connectivity index (χ1) is 8.22. The van der Waals surface area contributed by atoms with E-state index in [0.29, 0.717) is 5.11 Å². The molecule has 1 aliphatic rings. The van der Waals surface area contributed by atoms with Crippen molar-refractivity contribution in [3.05, 3.63) is 0 Å². The molecular weight excluding hydrogens is 230 g/mol. The van der Waals surface area contributed by atoms with Crippen molar-refractivity contribution in [3.63, 3.8) is 0 Å². The average Bonchev–Trinajstić information content (AvgIpc) is 2.32. The summed E-state index contributed by atoms with van der Waals surface area (Å²) >= 11 is 5.17. The van der Waals surface area contributed by atoms with Crippen molar-refractivity contribution in [2.75, 3.05) is 6.54 Å². The topological polar surface area (TPSA) is 36.4 Å². The maximum Gasteiger partial charge on any atom is 0.186 e. The van der Waals surface area contributed by atoms with Gasteiger partial charge >= 0.3 is 0 Å². The second kappa shape index (κ2) is 8.45. The zero-order valence-corrected chi connectivity index (χ0v) is 11.9. The minimum Gasteiger partial charge on any atom is -0.361 e. The average molecular weight is 255 g/mol. The molecule has 0 spiro atoms. The minimum atomic E-state index is 0.659. The van der Waals surface area contributed by atoms with Gasteiger partial charge in [0.15, 0.2) is 5.11 Å². The standard InChI is InChI=1S/C13H25N3S/c1-3-4-5-9-14-13(17)16-15-12-8-6-7-11(2)10-12/h11H,3-10H2,1-2H3,(H2,14,16,17)/b15-12-/t11-/m0/s1. The number of rotatable bonds is 5. The Balaban J connectivity index is 2.15. The van der Waals surface area contributed by atoms with Crippen LogP contribution in [0.5, 0.6) is 0 Å². The molecule has 0 unspecified atom stereocenters. The van der Waals surface area contributed by atoms with E-state index in [9.17, 15) is 0 Å². The van der Waals surface area contributed by atoms with Gasteiger partial charge < -0.3 is 5.32 Å². The Morgan fingerprint density at radius 1 is 1.47 bits per heavy atom. The van der Waals surface area contributed by atoms with Gasteiger partial charge in [0.2, 0.25) is 0 Å². The van der Waals surface area contributed by atoms with Crippen LogP contribution in [0.3, 0.4) is 0 Å². The molecule has 0 saturated heterocycles. The van der Waals surface area contributed by atoms with Crippen LogP contribution < -0.4 is 10.7 Å². The first-order valence-electron chi connectivity index (χ1n) is 6.81. The summed E-state index contributed by atoms with van der Waals surface area (Å²) in [4.78, 5) is 0. The molecule has 0 aromatic rings. The van der Waals surface area contributed by atoms with Gasteiger partial charge in [0, 0.05) is 12.3 Å². The quantitative estimate of drug-likeness (QED) is 0.450. The SMILES string of the molecule is CCCCCNC(=S)N/N=C1/CCC[C@H](C)C1. The molecule has 0 aromatic carbocycles. The number of unbranched alkanes of at least 4 members (excludes halogenated alkanes) is 2.